The molecule has 0 aliphatic rings. The third-order valence-corrected chi connectivity index (χ3v) is 5.01. The zero-order chi connectivity index (χ0) is 23.4. The van der Waals surface area contributed by atoms with Crippen molar-refractivity contribution in [1.82, 2.24) is 19.7 Å². The Morgan fingerprint density at radius 1 is 0.970 bits per heavy atom. The quantitative estimate of drug-likeness (QED) is 0.406. The van der Waals surface area contributed by atoms with Gasteiger partial charge in [-0.3, -0.25) is 0 Å². The summed E-state index contributed by atoms with van der Waals surface area (Å²) in [5.41, 5.74) is 4.42. The van der Waals surface area contributed by atoms with E-state index in [2.05, 4.69) is 32.6 Å². The van der Waals surface area contributed by atoms with Gasteiger partial charge in [-0.15, -0.1) is 0 Å². The van der Waals surface area contributed by atoms with Gasteiger partial charge in [-0.2, -0.15) is 10.1 Å². The molecule has 33 heavy (non-hydrogen) atoms. The third kappa shape index (κ3) is 5.35. The molecule has 0 unspecified atom stereocenters. The van der Waals surface area contributed by atoms with E-state index in [1.165, 1.54) is 0 Å². The molecule has 0 radical (unpaired) electrons. The van der Waals surface area contributed by atoms with Crippen LogP contribution in [0.25, 0.3) is 5.82 Å². The Morgan fingerprint density at radius 3 is 2.42 bits per heavy atom. The Labute approximate surface area is 192 Å². The van der Waals surface area contributed by atoms with Crippen LogP contribution in [-0.4, -0.2) is 25.8 Å². The summed E-state index contributed by atoms with van der Waals surface area (Å²) in [6, 6.07) is 18.3. The van der Waals surface area contributed by atoms with Crippen LogP contribution in [0.5, 0.6) is 11.6 Å². The Morgan fingerprint density at radius 2 is 1.73 bits per heavy atom. The first-order valence-electron chi connectivity index (χ1n) is 10.7. The largest absolute Gasteiger partial charge is 0.439 e. The molecule has 0 saturated heterocycles. The molecule has 0 bridgehead atoms. The molecule has 4 rings (SSSR count). The average molecular weight is 443 g/mol. The molecule has 2 heterocycles. The summed E-state index contributed by atoms with van der Waals surface area (Å²) in [4.78, 5) is 21.2. The summed E-state index contributed by atoms with van der Waals surface area (Å²) in [7, 11) is 0. The van der Waals surface area contributed by atoms with Gasteiger partial charge in [0.1, 0.15) is 11.6 Å². The van der Waals surface area contributed by atoms with E-state index in [4.69, 9.17) is 4.74 Å². The number of carbonyl (C=O) groups excluding carboxylic acids is 1. The van der Waals surface area contributed by atoms with Crippen molar-refractivity contribution in [3.63, 3.8) is 0 Å². The second-order valence-electron chi connectivity index (χ2n) is 7.67. The molecule has 168 valence electrons. The number of ether oxygens (including phenoxy) is 1. The number of hydrogen-bond donors (Lipinski definition) is 2. The maximum atomic E-state index is 12.4. The van der Waals surface area contributed by atoms with Crippen LogP contribution in [0.15, 0.2) is 60.7 Å². The van der Waals surface area contributed by atoms with Gasteiger partial charge in [0, 0.05) is 23.1 Å². The first-order chi connectivity index (χ1) is 15.9. The molecule has 8 nitrogen and oxygen atoms in total. The number of nitrogens with one attached hydrogen (secondary N) is 2. The van der Waals surface area contributed by atoms with Gasteiger partial charge in [0.2, 0.25) is 5.88 Å². The number of rotatable bonds is 6. The van der Waals surface area contributed by atoms with Gasteiger partial charge >= 0.3 is 6.03 Å². The van der Waals surface area contributed by atoms with E-state index in [0.29, 0.717) is 29.0 Å². The van der Waals surface area contributed by atoms with Gasteiger partial charge in [0.15, 0.2) is 5.82 Å². The fraction of sp³-hybridized carbons (Fsp3) is 0.200. The van der Waals surface area contributed by atoms with E-state index in [1.807, 2.05) is 51.1 Å². The molecule has 0 spiro atoms. The van der Waals surface area contributed by atoms with Crippen LogP contribution in [0.2, 0.25) is 0 Å². The van der Waals surface area contributed by atoms with Crippen LogP contribution in [0.3, 0.4) is 0 Å². The van der Waals surface area contributed by atoms with Gasteiger partial charge in [0.05, 0.1) is 5.69 Å². The number of urea groups is 1. The van der Waals surface area contributed by atoms with Crippen LogP contribution in [0, 0.1) is 20.8 Å². The lowest BCUT2D eigenvalue weighted by molar-refractivity contribution is 0.262. The second kappa shape index (κ2) is 9.52. The fourth-order valence-corrected chi connectivity index (χ4v) is 3.51. The van der Waals surface area contributed by atoms with Crippen LogP contribution in [-0.2, 0) is 6.42 Å². The lowest BCUT2D eigenvalue weighted by Gasteiger charge is -2.12. The first kappa shape index (κ1) is 22.0. The summed E-state index contributed by atoms with van der Waals surface area (Å²) in [5.74, 6) is 2.23. The highest BCUT2D eigenvalue weighted by Crippen LogP contribution is 2.24. The third-order valence-electron chi connectivity index (χ3n) is 5.01. The van der Waals surface area contributed by atoms with E-state index in [-0.39, 0.29) is 6.03 Å². The fourth-order valence-electron chi connectivity index (χ4n) is 3.51. The van der Waals surface area contributed by atoms with Crippen molar-refractivity contribution in [3.05, 3.63) is 83.4 Å². The highest BCUT2D eigenvalue weighted by Gasteiger charge is 2.10. The maximum absolute atomic E-state index is 12.4. The molecular weight excluding hydrogens is 416 g/mol. The molecule has 0 aliphatic carbocycles. The minimum atomic E-state index is -0.300. The summed E-state index contributed by atoms with van der Waals surface area (Å²) in [5, 5.41) is 10.2. The lowest BCUT2D eigenvalue weighted by Crippen LogP contribution is -2.20. The highest BCUT2D eigenvalue weighted by molar-refractivity contribution is 6.00. The Hall–Kier alpha value is -4.20. The molecule has 0 atom stereocenters. The van der Waals surface area contributed by atoms with Crippen LogP contribution < -0.4 is 15.4 Å². The number of nitrogens with zero attached hydrogens (tertiary/aromatic N) is 4. The number of aryl methyl sites for hydroxylation is 4. The average Bonchev–Trinajstić information content (AvgIpc) is 3.13. The van der Waals surface area contributed by atoms with E-state index in [1.54, 1.807) is 35.0 Å². The summed E-state index contributed by atoms with van der Waals surface area (Å²) in [6.07, 6.45) is 0.840. The Kier molecular flexibility index (Phi) is 6.35. The molecule has 0 aliphatic heterocycles. The molecule has 0 fully saturated rings. The van der Waals surface area contributed by atoms with Gasteiger partial charge < -0.3 is 15.4 Å². The van der Waals surface area contributed by atoms with Crippen molar-refractivity contribution in [2.24, 2.45) is 0 Å². The van der Waals surface area contributed by atoms with E-state index in [0.717, 1.165) is 29.1 Å². The standard InChI is InChI=1S/C25H26N6O2/c1-5-19-8-6-7-9-22(19)29-25(32)28-20-10-12-21(13-11-20)33-24-15-23(26-18(4)27-24)31-17(3)14-16(2)30-31/h6-15H,5H2,1-4H3,(H2,28,29,32). The molecule has 2 N–H and O–H groups in total. The molecule has 0 saturated carbocycles. The molecule has 2 amide bonds. The van der Waals surface area contributed by atoms with E-state index < -0.39 is 0 Å². The van der Waals surface area contributed by atoms with Crippen LogP contribution in [0.4, 0.5) is 16.2 Å². The monoisotopic (exact) mass is 442 g/mol. The van der Waals surface area contributed by atoms with E-state index >= 15 is 0 Å². The number of aromatic nitrogens is 4. The topological polar surface area (TPSA) is 94.0 Å². The van der Waals surface area contributed by atoms with Crippen LogP contribution >= 0.6 is 0 Å². The first-order valence-corrected chi connectivity index (χ1v) is 10.7. The SMILES string of the molecule is CCc1ccccc1NC(=O)Nc1ccc(Oc2cc(-n3nc(C)cc3C)nc(C)n2)cc1. The smallest absolute Gasteiger partial charge is 0.323 e. The Bertz CT molecular complexity index is 1280. The normalized spacial score (nSPS) is 10.7. The van der Waals surface area contributed by atoms with Crippen LogP contribution in [0.1, 0.15) is 29.7 Å². The summed E-state index contributed by atoms with van der Waals surface area (Å²) >= 11 is 0. The number of para-hydroxylation sites is 1. The maximum Gasteiger partial charge on any atom is 0.323 e. The van der Waals surface area contributed by atoms with Crippen molar-refractivity contribution < 1.29 is 9.53 Å². The molecule has 2 aromatic carbocycles. The zero-order valence-electron chi connectivity index (χ0n) is 19.1. The van der Waals surface area contributed by atoms with Gasteiger partial charge in [-0.1, -0.05) is 25.1 Å². The predicted octanol–water partition coefficient (Wildman–Crippen LogP) is 5.59. The number of carbonyl (C=O) groups is 1. The van der Waals surface area contributed by atoms with Crippen molar-refractivity contribution in [1.29, 1.82) is 0 Å². The van der Waals surface area contributed by atoms with Gasteiger partial charge in [-0.25, -0.2) is 14.5 Å². The highest BCUT2D eigenvalue weighted by atomic mass is 16.5. The van der Waals surface area contributed by atoms with Crippen molar-refractivity contribution in [2.75, 3.05) is 10.6 Å². The molecule has 4 aromatic rings. The summed E-state index contributed by atoms with van der Waals surface area (Å²) < 4.78 is 7.70. The van der Waals surface area contributed by atoms with Gasteiger partial charge in [-0.05, 0) is 69.2 Å². The minimum absolute atomic E-state index is 0.300. The second-order valence-corrected chi connectivity index (χ2v) is 7.67. The van der Waals surface area contributed by atoms with Gasteiger partial charge in [0.25, 0.3) is 0 Å². The number of amides is 2. The molecular formula is C25H26N6O2. The summed E-state index contributed by atoms with van der Waals surface area (Å²) in [6.45, 7) is 7.77. The molecule has 8 heteroatoms. The Balaban J connectivity index is 1.44. The van der Waals surface area contributed by atoms with Crippen molar-refractivity contribution in [2.45, 2.75) is 34.1 Å². The molecule has 2 aromatic heterocycles. The zero-order valence-corrected chi connectivity index (χ0v) is 19.1. The number of hydrogen-bond acceptors (Lipinski definition) is 5. The van der Waals surface area contributed by atoms with E-state index in [9.17, 15) is 4.79 Å². The number of anilines is 2. The van der Waals surface area contributed by atoms with Crippen molar-refractivity contribution >= 4 is 17.4 Å². The predicted molar refractivity (Wildman–Crippen MR) is 128 cm³/mol. The van der Waals surface area contributed by atoms with Crippen molar-refractivity contribution in [3.8, 4) is 17.4 Å². The minimum Gasteiger partial charge on any atom is -0.439 e. The lowest BCUT2D eigenvalue weighted by atomic mass is 10.1. The number of benzene rings is 2.